The Hall–Kier alpha value is -1.78. The third-order valence-corrected chi connectivity index (χ3v) is 4.22. The highest BCUT2D eigenvalue weighted by molar-refractivity contribution is 7.98. The summed E-state index contributed by atoms with van der Waals surface area (Å²) in [6.07, 6.45) is 2.92. The summed E-state index contributed by atoms with van der Waals surface area (Å²) in [7, 11) is 0. The Morgan fingerprint density at radius 1 is 1.05 bits per heavy atom. The van der Waals surface area contributed by atoms with Crippen LogP contribution in [-0.2, 0) is 10.4 Å². The fourth-order valence-corrected chi connectivity index (χ4v) is 2.77. The van der Waals surface area contributed by atoms with Gasteiger partial charge in [-0.05, 0) is 29.6 Å². The van der Waals surface area contributed by atoms with E-state index in [1.807, 2.05) is 42.7 Å². The molecule has 2 aromatic carbocycles. The molecule has 2 rings (SSSR count). The van der Waals surface area contributed by atoms with Crippen LogP contribution in [0.2, 0.25) is 0 Å². The van der Waals surface area contributed by atoms with Crippen LogP contribution in [0.1, 0.15) is 17.5 Å². The first-order valence-corrected chi connectivity index (χ1v) is 8.69. The molecule has 0 heterocycles. The molecule has 0 aliphatic carbocycles. The van der Waals surface area contributed by atoms with Crippen LogP contribution in [0.4, 0.5) is 0 Å². The standard InChI is InChI=1S/C18H21NO2S/c1-22-14-8-13-19-17(20)18(21,15-9-4-2-5-10-15)16-11-6-3-7-12-16/h2-7,9-12,21H,8,13-14H2,1H3,(H,19,20). The third kappa shape index (κ3) is 3.70. The SMILES string of the molecule is CSCCCNC(=O)C(O)(c1ccccc1)c1ccccc1. The second-order valence-electron chi connectivity index (χ2n) is 5.04. The fraction of sp³-hybridized carbons (Fsp3) is 0.278. The maximum Gasteiger partial charge on any atom is 0.261 e. The van der Waals surface area contributed by atoms with Gasteiger partial charge in [-0.25, -0.2) is 0 Å². The van der Waals surface area contributed by atoms with Crippen molar-refractivity contribution < 1.29 is 9.90 Å². The Morgan fingerprint density at radius 2 is 1.55 bits per heavy atom. The number of aliphatic hydroxyl groups is 1. The van der Waals surface area contributed by atoms with Crippen molar-refractivity contribution in [2.45, 2.75) is 12.0 Å². The van der Waals surface area contributed by atoms with E-state index in [2.05, 4.69) is 5.32 Å². The number of rotatable bonds is 7. The molecule has 0 spiro atoms. The Morgan fingerprint density at radius 3 is 2.00 bits per heavy atom. The van der Waals surface area contributed by atoms with Crippen LogP contribution in [0, 0.1) is 0 Å². The number of carbonyl (C=O) groups is 1. The average molecular weight is 315 g/mol. The van der Waals surface area contributed by atoms with Gasteiger partial charge in [0.15, 0.2) is 5.60 Å². The molecule has 2 N–H and O–H groups in total. The highest BCUT2D eigenvalue weighted by Gasteiger charge is 2.39. The zero-order chi connectivity index (χ0) is 15.8. The van der Waals surface area contributed by atoms with Crippen molar-refractivity contribution in [1.82, 2.24) is 5.32 Å². The molecule has 0 radical (unpaired) electrons. The Labute approximate surface area is 135 Å². The highest BCUT2D eigenvalue weighted by atomic mass is 32.2. The molecule has 116 valence electrons. The van der Waals surface area contributed by atoms with E-state index >= 15 is 0 Å². The minimum atomic E-state index is -1.66. The quantitative estimate of drug-likeness (QED) is 0.773. The molecule has 4 heteroatoms. The van der Waals surface area contributed by atoms with Crippen LogP contribution >= 0.6 is 11.8 Å². The van der Waals surface area contributed by atoms with Gasteiger partial charge in [0.25, 0.3) is 5.91 Å². The Kier molecular flexibility index (Phi) is 6.04. The van der Waals surface area contributed by atoms with Crippen molar-refractivity contribution >= 4 is 17.7 Å². The molecule has 0 saturated carbocycles. The fourth-order valence-electron chi connectivity index (χ4n) is 2.33. The summed E-state index contributed by atoms with van der Waals surface area (Å²) < 4.78 is 0. The van der Waals surface area contributed by atoms with Gasteiger partial charge in [-0.1, -0.05) is 60.7 Å². The van der Waals surface area contributed by atoms with Gasteiger partial charge in [-0.2, -0.15) is 11.8 Å². The number of hydrogen-bond acceptors (Lipinski definition) is 3. The first-order chi connectivity index (χ1) is 10.7. The Balaban J connectivity index is 2.28. The molecule has 3 nitrogen and oxygen atoms in total. The molecule has 0 saturated heterocycles. The van der Waals surface area contributed by atoms with Crippen LogP contribution in [0.25, 0.3) is 0 Å². The molecular weight excluding hydrogens is 294 g/mol. The van der Waals surface area contributed by atoms with Crippen LogP contribution < -0.4 is 5.32 Å². The molecule has 0 atom stereocenters. The number of nitrogens with one attached hydrogen (secondary N) is 1. The van der Waals surface area contributed by atoms with Gasteiger partial charge in [0.05, 0.1) is 0 Å². The summed E-state index contributed by atoms with van der Waals surface area (Å²) in [4.78, 5) is 12.7. The largest absolute Gasteiger partial charge is 0.372 e. The maximum atomic E-state index is 12.7. The molecule has 0 aromatic heterocycles. The lowest BCUT2D eigenvalue weighted by Crippen LogP contribution is -2.45. The maximum absolute atomic E-state index is 12.7. The minimum absolute atomic E-state index is 0.383. The summed E-state index contributed by atoms with van der Waals surface area (Å²) in [6, 6.07) is 18.1. The van der Waals surface area contributed by atoms with Crippen molar-refractivity contribution in [1.29, 1.82) is 0 Å². The van der Waals surface area contributed by atoms with E-state index < -0.39 is 5.60 Å². The normalized spacial score (nSPS) is 11.2. The smallest absolute Gasteiger partial charge is 0.261 e. The number of amides is 1. The lowest BCUT2D eigenvalue weighted by atomic mass is 9.85. The average Bonchev–Trinajstić information content (AvgIpc) is 2.59. The van der Waals surface area contributed by atoms with Gasteiger partial charge in [0.1, 0.15) is 0 Å². The molecule has 2 aromatic rings. The first-order valence-electron chi connectivity index (χ1n) is 7.30. The van der Waals surface area contributed by atoms with E-state index in [1.54, 1.807) is 36.0 Å². The minimum Gasteiger partial charge on any atom is -0.372 e. The second-order valence-corrected chi connectivity index (χ2v) is 6.03. The van der Waals surface area contributed by atoms with Crippen LogP contribution in [0.15, 0.2) is 60.7 Å². The summed E-state index contributed by atoms with van der Waals surface area (Å²) in [6.45, 7) is 0.557. The third-order valence-electron chi connectivity index (χ3n) is 3.52. The van der Waals surface area contributed by atoms with Crippen LogP contribution in [0.5, 0.6) is 0 Å². The number of hydrogen-bond donors (Lipinski definition) is 2. The monoisotopic (exact) mass is 315 g/mol. The van der Waals surface area contributed by atoms with E-state index in [-0.39, 0.29) is 5.91 Å². The molecule has 22 heavy (non-hydrogen) atoms. The van der Waals surface area contributed by atoms with Crippen molar-refractivity contribution in [3.63, 3.8) is 0 Å². The summed E-state index contributed by atoms with van der Waals surface area (Å²) in [5, 5.41) is 14.0. The van der Waals surface area contributed by atoms with Gasteiger partial charge >= 0.3 is 0 Å². The number of carbonyl (C=O) groups excluding carboxylic acids is 1. The summed E-state index contributed by atoms with van der Waals surface area (Å²) >= 11 is 1.74. The van der Waals surface area contributed by atoms with E-state index in [0.717, 1.165) is 12.2 Å². The molecule has 1 amide bonds. The zero-order valence-corrected chi connectivity index (χ0v) is 13.5. The predicted octanol–water partition coefficient (Wildman–Crippen LogP) is 2.79. The summed E-state index contributed by atoms with van der Waals surface area (Å²) in [5.74, 6) is 0.598. The first kappa shape index (κ1) is 16.6. The zero-order valence-electron chi connectivity index (χ0n) is 12.7. The molecular formula is C18H21NO2S. The molecule has 0 fully saturated rings. The molecule has 0 bridgehead atoms. The van der Waals surface area contributed by atoms with E-state index in [0.29, 0.717) is 17.7 Å². The van der Waals surface area contributed by atoms with Crippen molar-refractivity contribution in [3.8, 4) is 0 Å². The summed E-state index contributed by atoms with van der Waals surface area (Å²) in [5.41, 5.74) is -0.519. The number of benzene rings is 2. The van der Waals surface area contributed by atoms with Crippen molar-refractivity contribution in [2.24, 2.45) is 0 Å². The molecule has 0 aliphatic rings. The topological polar surface area (TPSA) is 49.3 Å². The van der Waals surface area contributed by atoms with Crippen LogP contribution in [-0.4, -0.2) is 29.6 Å². The predicted molar refractivity (Wildman–Crippen MR) is 91.9 cm³/mol. The van der Waals surface area contributed by atoms with Gasteiger partial charge in [0.2, 0.25) is 0 Å². The highest BCUT2D eigenvalue weighted by Crippen LogP contribution is 2.29. The lowest BCUT2D eigenvalue weighted by Gasteiger charge is -2.28. The van der Waals surface area contributed by atoms with Gasteiger partial charge in [0, 0.05) is 6.54 Å². The van der Waals surface area contributed by atoms with E-state index in [9.17, 15) is 9.90 Å². The van der Waals surface area contributed by atoms with Crippen molar-refractivity contribution in [2.75, 3.05) is 18.6 Å². The molecule has 0 aliphatic heterocycles. The van der Waals surface area contributed by atoms with Crippen molar-refractivity contribution in [3.05, 3.63) is 71.8 Å². The Bertz CT molecular complexity index is 547. The second kappa shape index (κ2) is 8.01. The van der Waals surface area contributed by atoms with E-state index in [4.69, 9.17) is 0 Å². The van der Waals surface area contributed by atoms with E-state index in [1.165, 1.54) is 0 Å². The molecule has 0 unspecified atom stereocenters. The lowest BCUT2D eigenvalue weighted by molar-refractivity contribution is -0.136. The van der Waals surface area contributed by atoms with Gasteiger partial charge in [-0.15, -0.1) is 0 Å². The van der Waals surface area contributed by atoms with Gasteiger partial charge < -0.3 is 10.4 Å². The van der Waals surface area contributed by atoms with Crippen LogP contribution in [0.3, 0.4) is 0 Å². The number of thioether (sulfide) groups is 1. The van der Waals surface area contributed by atoms with Gasteiger partial charge in [-0.3, -0.25) is 4.79 Å².